The van der Waals surface area contributed by atoms with E-state index in [9.17, 15) is 39.0 Å². The topological polar surface area (TPSA) is 149 Å². The number of carbonyl (C=O) groups excluding carboxylic acids is 6. The molecule has 145 valence electrons. The largest absolute Gasteiger partial charge is 2.00 e. The minimum atomic E-state index is -1.28. The van der Waals surface area contributed by atoms with Crippen molar-refractivity contribution in [2.75, 3.05) is 0 Å². The third-order valence-electron chi connectivity index (χ3n) is 2.24. The minimum Gasteiger partial charge on any atom is -0.550 e. The SMILES string of the molecule is CC(=O)CC(C)=O.CCCC(=O)CC(=O)[O-].CCCC(=O)CC(=O)[O-].[Al+2]. The van der Waals surface area contributed by atoms with Gasteiger partial charge >= 0.3 is 17.4 Å². The molecule has 0 fully saturated rings. The maximum absolute atomic E-state index is 10.4. The van der Waals surface area contributed by atoms with E-state index in [2.05, 4.69) is 0 Å². The molecule has 0 N–H and O–H groups in total. The summed E-state index contributed by atoms with van der Waals surface area (Å²) in [7, 11) is 0. The summed E-state index contributed by atoms with van der Waals surface area (Å²) in [6, 6.07) is 0. The molecule has 0 heterocycles. The van der Waals surface area contributed by atoms with Gasteiger partial charge in [0.2, 0.25) is 0 Å². The number of hydrogen-bond donors (Lipinski definition) is 0. The van der Waals surface area contributed by atoms with Crippen molar-refractivity contribution in [2.45, 2.75) is 72.6 Å². The molecule has 0 aliphatic carbocycles. The predicted octanol–water partition coefficient (Wildman–Crippen LogP) is -0.835. The van der Waals surface area contributed by atoms with E-state index in [0.717, 1.165) is 0 Å². The Bertz CT molecular complexity index is 429. The van der Waals surface area contributed by atoms with Crippen LogP contribution >= 0.6 is 0 Å². The molecule has 0 aromatic carbocycles. The average Bonchev–Trinajstić information content (AvgIpc) is 2.36. The number of carboxylic acids is 2. The van der Waals surface area contributed by atoms with Crippen molar-refractivity contribution in [2.24, 2.45) is 0 Å². The minimum absolute atomic E-state index is 0. The summed E-state index contributed by atoms with van der Waals surface area (Å²) in [6.45, 7) is 6.46. The average molecular weight is 385 g/mol. The Labute approximate surface area is 164 Å². The van der Waals surface area contributed by atoms with E-state index in [1.807, 2.05) is 13.8 Å². The van der Waals surface area contributed by atoms with Gasteiger partial charge in [-0.1, -0.05) is 13.8 Å². The molecule has 0 aromatic heterocycles. The van der Waals surface area contributed by atoms with Crippen molar-refractivity contribution >= 4 is 52.4 Å². The van der Waals surface area contributed by atoms with E-state index in [4.69, 9.17) is 0 Å². The van der Waals surface area contributed by atoms with E-state index in [0.29, 0.717) is 25.7 Å². The summed E-state index contributed by atoms with van der Waals surface area (Å²) in [6.07, 6.45) is 1.29. The van der Waals surface area contributed by atoms with Gasteiger partial charge in [0.05, 0.1) is 6.42 Å². The van der Waals surface area contributed by atoms with Crippen LogP contribution in [-0.4, -0.2) is 52.4 Å². The van der Waals surface area contributed by atoms with E-state index >= 15 is 0 Å². The molecular formula is C17H26AlO8. The molecule has 26 heavy (non-hydrogen) atoms. The van der Waals surface area contributed by atoms with Crippen LogP contribution in [0.2, 0.25) is 0 Å². The number of ketones is 4. The number of carboxylic acid groups (broad SMARTS) is 2. The van der Waals surface area contributed by atoms with Crippen molar-refractivity contribution < 1.29 is 39.0 Å². The van der Waals surface area contributed by atoms with E-state index in [-0.39, 0.29) is 46.9 Å². The summed E-state index contributed by atoms with van der Waals surface area (Å²) in [5, 5.41) is 19.5. The third kappa shape index (κ3) is 38.0. The fourth-order valence-electron chi connectivity index (χ4n) is 1.41. The van der Waals surface area contributed by atoms with Crippen molar-refractivity contribution in [1.29, 1.82) is 0 Å². The van der Waals surface area contributed by atoms with Gasteiger partial charge < -0.3 is 19.8 Å². The van der Waals surface area contributed by atoms with Crippen LogP contribution in [0.25, 0.3) is 0 Å². The van der Waals surface area contributed by atoms with E-state index in [1.54, 1.807) is 0 Å². The second kappa shape index (κ2) is 21.2. The quantitative estimate of drug-likeness (QED) is 0.349. The van der Waals surface area contributed by atoms with Crippen LogP contribution in [0.1, 0.15) is 72.6 Å². The molecule has 0 bridgehead atoms. The van der Waals surface area contributed by atoms with Crippen LogP contribution in [0.4, 0.5) is 0 Å². The summed E-state index contributed by atoms with van der Waals surface area (Å²) < 4.78 is 0. The molecule has 1 radical (unpaired) electrons. The number of hydrogen-bond acceptors (Lipinski definition) is 8. The second-order valence-corrected chi connectivity index (χ2v) is 5.26. The summed E-state index contributed by atoms with van der Waals surface area (Å²) >= 11 is 0. The van der Waals surface area contributed by atoms with Crippen LogP contribution in [0.3, 0.4) is 0 Å². The molecule has 0 spiro atoms. The third-order valence-corrected chi connectivity index (χ3v) is 2.24. The van der Waals surface area contributed by atoms with Gasteiger partial charge in [0.1, 0.15) is 23.1 Å². The summed E-state index contributed by atoms with van der Waals surface area (Å²) in [4.78, 5) is 60.4. The first-order chi connectivity index (χ1) is 11.5. The van der Waals surface area contributed by atoms with Crippen LogP contribution < -0.4 is 10.2 Å². The van der Waals surface area contributed by atoms with E-state index in [1.165, 1.54) is 13.8 Å². The van der Waals surface area contributed by atoms with Gasteiger partial charge in [0.15, 0.2) is 0 Å². The van der Waals surface area contributed by atoms with Crippen molar-refractivity contribution in [3.8, 4) is 0 Å². The molecule has 0 aromatic rings. The number of aliphatic carboxylic acids is 2. The van der Waals surface area contributed by atoms with Gasteiger partial charge in [-0.3, -0.25) is 19.2 Å². The summed E-state index contributed by atoms with van der Waals surface area (Å²) in [5.41, 5.74) is 0. The normalized spacial score (nSPS) is 8.46. The first kappa shape index (κ1) is 31.9. The predicted molar refractivity (Wildman–Crippen MR) is 90.8 cm³/mol. The number of rotatable bonds is 10. The van der Waals surface area contributed by atoms with Crippen molar-refractivity contribution in [3.63, 3.8) is 0 Å². The van der Waals surface area contributed by atoms with Gasteiger partial charge in [-0.25, -0.2) is 0 Å². The zero-order valence-electron chi connectivity index (χ0n) is 15.8. The van der Waals surface area contributed by atoms with Crippen LogP contribution in [0, 0.1) is 0 Å². The first-order valence-electron chi connectivity index (χ1n) is 7.88. The fraction of sp³-hybridized carbons (Fsp3) is 0.647. The molecule has 0 unspecified atom stereocenters. The summed E-state index contributed by atoms with van der Waals surface area (Å²) in [5.74, 6) is -3.20. The smallest absolute Gasteiger partial charge is 0.550 e. The van der Waals surface area contributed by atoms with Crippen LogP contribution in [0.5, 0.6) is 0 Å². The van der Waals surface area contributed by atoms with Gasteiger partial charge in [-0.05, 0) is 26.7 Å². The molecule has 0 aliphatic rings. The molecule has 0 saturated carbocycles. The fourth-order valence-corrected chi connectivity index (χ4v) is 1.41. The standard InChI is InChI=1S/2C6H10O3.C5H8O2.Al/c2*1-2-3-5(7)4-6(8)9;1-4(6)3-5(2)7;/h2*2-4H2,1H3,(H,8,9);3H2,1-2H3;/q;;;+2/p-2. The van der Waals surface area contributed by atoms with Crippen LogP contribution in [-0.2, 0) is 28.8 Å². The Morgan fingerprint density at radius 1 is 0.615 bits per heavy atom. The Morgan fingerprint density at radius 2 is 0.885 bits per heavy atom. The molecule has 0 atom stereocenters. The molecule has 8 nitrogen and oxygen atoms in total. The zero-order valence-corrected chi connectivity index (χ0v) is 16.9. The number of carbonyl (C=O) groups is 6. The van der Waals surface area contributed by atoms with E-state index < -0.39 is 24.8 Å². The molecule has 0 rings (SSSR count). The maximum Gasteiger partial charge on any atom is 2.00 e. The molecular weight excluding hydrogens is 359 g/mol. The van der Waals surface area contributed by atoms with Gasteiger partial charge in [-0.2, -0.15) is 0 Å². The maximum atomic E-state index is 10.4. The molecule has 9 heteroatoms. The van der Waals surface area contributed by atoms with Crippen molar-refractivity contribution in [1.82, 2.24) is 0 Å². The molecule has 0 amide bonds. The monoisotopic (exact) mass is 385 g/mol. The Balaban J connectivity index is -0.000000138. The number of Topliss-reactive ketones (excluding diaryl/α,β-unsaturated/α-hetero) is 4. The molecule has 0 aliphatic heterocycles. The van der Waals surface area contributed by atoms with Crippen molar-refractivity contribution in [3.05, 3.63) is 0 Å². The second-order valence-electron chi connectivity index (χ2n) is 5.26. The Kier molecular flexibility index (Phi) is 26.0. The Hall–Kier alpha value is -1.85. The van der Waals surface area contributed by atoms with Gasteiger partial charge in [0, 0.05) is 37.6 Å². The Morgan fingerprint density at radius 3 is 1.00 bits per heavy atom. The molecule has 0 saturated heterocycles. The van der Waals surface area contributed by atoms with Gasteiger partial charge in [-0.15, -0.1) is 0 Å². The van der Waals surface area contributed by atoms with Crippen LogP contribution in [0.15, 0.2) is 0 Å². The first-order valence-corrected chi connectivity index (χ1v) is 7.88. The van der Waals surface area contributed by atoms with Gasteiger partial charge in [0.25, 0.3) is 0 Å². The zero-order chi connectivity index (χ0) is 20.4.